The van der Waals surface area contributed by atoms with E-state index in [0.717, 1.165) is 22.5 Å². The summed E-state index contributed by atoms with van der Waals surface area (Å²) in [6.07, 6.45) is 3.51. The first-order valence-corrected chi connectivity index (χ1v) is 5.69. The summed E-state index contributed by atoms with van der Waals surface area (Å²) in [7, 11) is 0. The first-order valence-electron chi connectivity index (χ1n) is 5.69. The van der Waals surface area contributed by atoms with Gasteiger partial charge in [0.25, 0.3) is 0 Å². The average molecular weight is 238 g/mol. The van der Waals surface area contributed by atoms with Crippen molar-refractivity contribution < 1.29 is 4.39 Å². The molecule has 0 saturated heterocycles. The van der Waals surface area contributed by atoms with Gasteiger partial charge >= 0.3 is 0 Å². The van der Waals surface area contributed by atoms with E-state index in [1.165, 1.54) is 12.1 Å². The molecule has 0 aliphatic carbocycles. The van der Waals surface area contributed by atoms with E-state index in [9.17, 15) is 4.39 Å². The van der Waals surface area contributed by atoms with Crippen molar-refractivity contribution in [2.75, 3.05) is 0 Å². The fraction of sp³-hybridized carbons (Fsp3) is 0. The molecule has 0 fully saturated rings. The Morgan fingerprint density at radius 2 is 1.61 bits per heavy atom. The van der Waals surface area contributed by atoms with E-state index < -0.39 is 0 Å². The minimum Gasteiger partial charge on any atom is -0.345 e. The van der Waals surface area contributed by atoms with Gasteiger partial charge in [-0.1, -0.05) is 36.4 Å². The molecule has 0 aliphatic heterocycles. The van der Waals surface area contributed by atoms with Gasteiger partial charge in [-0.2, -0.15) is 0 Å². The van der Waals surface area contributed by atoms with Crippen LogP contribution in [0.2, 0.25) is 0 Å². The van der Waals surface area contributed by atoms with Crippen LogP contribution in [0.3, 0.4) is 0 Å². The molecule has 1 N–H and O–H groups in total. The van der Waals surface area contributed by atoms with E-state index in [0.29, 0.717) is 0 Å². The first-order chi connectivity index (χ1) is 8.84. The minimum absolute atomic E-state index is 0.228. The monoisotopic (exact) mass is 238 g/mol. The van der Waals surface area contributed by atoms with Crippen LogP contribution in [0.25, 0.3) is 22.5 Å². The van der Waals surface area contributed by atoms with E-state index in [-0.39, 0.29) is 5.82 Å². The van der Waals surface area contributed by atoms with Crippen LogP contribution in [0.4, 0.5) is 4.39 Å². The van der Waals surface area contributed by atoms with Gasteiger partial charge in [0.1, 0.15) is 11.6 Å². The predicted octanol–water partition coefficient (Wildman–Crippen LogP) is 3.88. The number of halogens is 1. The summed E-state index contributed by atoms with van der Waals surface area (Å²) in [5.74, 6) is 0.587. The number of imidazole rings is 1. The SMILES string of the molecule is Fc1ccc(-c2ccccc2-c2ncc[nH]2)cc1. The van der Waals surface area contributed by atoms with Gasteiger partial charge in [-0.3, -0.25) is 0 Å². The number of H-pyrrole nitrogens is 1. The molecular weight excluding hydrogens is 227 g/mol. The lowest BCUT2D eigenvalue weighted by molar-refractivity contribution is 0.628. The Bertz CT molecular complexity index is 643. The Morgan fingerprint density at radius 1 is 0.889 bits per heavy atom. The molecule has 0 spiro atoms. The Labute approximate surface area is 104 Å². The normalized spacial score (nSPS) is 10.5. The van der Waals surface area contributed by atoms with Crippen LogP contribution in [0, 0.1) is 5.82 Å². The Kier molecular flexibility index (Phi) is 2.65. The molecule has 0 saturated carbocycles. The van der Waals surface area contributed by atoms with Gasteiger partial charge in [0.15, 0.2) is 0 Å². The number of benzene rings is 2. The van der Waals surface area contributed by atoms with Crippen LogP contribution in [-0.2, 0) is 0 Å². The Balaban J connectivity index is 2.15. The highest BCUT2D eigenvalue weighted by molar-refractivity contribution is 5.80. The zero-order valence-corrected chi connectivity index (χ0v) is 9.60. The number of nitrogens with zero attached hydrogens (tertiary/aromatic N) is 1. The van der Waals surface area contributed by atoms with Gasteiger partial charge in [0, 0.05) is 18.0 Å². The molecule has 2 aromatic carbocycles. The van der Waals surface area contributed by atoms with Gasteiger partial charge in [-0.05, 0) is 23.3 Å². The number of aromatic amines is 1. The van der Waals surface area contributed by atoms with Gasteiger partial charge in [-0.25, -0.2) is 9.37 Å². The molecule has 0 aliphatic rings. The van der Waals surface area contributed by atoms with E-state index >= 15 is 0 Å². The third kappa shape index (κ3) is 1.91. The molecule has 0 unspecified atom stereocenters. The van der Waals surface area contributed by atoms with Gasteiger partial charge in [0.05, 0.1) is 0 Å². The molecule has 0 amide bonds. The molecule has 0 radical (unpaired) electrons. The van der Waals surface area contributed by atoms with Crippen LogP contribution in [-0.4, -0.2) is 9.97 Å². The molecule has 3 heteroatoms. The van der Waals surface area contributed by atoms with Crippen molar-refractivity contribution in [1.29, 1.82) is 0 Å². The summed E-state index contributed by atoms with van der Waals surface area (Å²) in [5, 5.41) is 0. The van der Waals surface area contributed by atoms with E-state index in [2.05, 4.69) is 9.97 Å². The third-order valence-electron chi connectivity index (χ3n) is 2.84. The van der Waals surface area contributed by atoms with E-state index in [4.69, 9.17) is 0 Å². The molecule has 2 nitrogen and oxygen atoms in total. The van der Waals surface area contributed by atoms with E-state index in [1.54, 1.807) is 24.5 Å². The van der Waals surface area contributed by atoms with Crippen molar-refractivity contribution >= 4 is 0 Å². The predicted molar refractivity (Wildman–Crippen MR) is 69.4 cm³/mol. The number of nitrogens with one attached hydrogen (secondary N) is 1. The molecule has 18 heavy (non-hydrogen) atoms. The van der Waals surface area contributed by atoms with Crippen molar-refractivity contribution in [2.24, 2.45) is 0 Å². The zero-order chi connectivity index (χ0) is 12.4. The second kappa shape index (κ2) is 4.45. The summed E-state index contributed by atoms with van der Waals surface area (Å²) < 4.78 is 13.0. The average Bonchev–Trinajstić information content (AvgIpc) is 2.93. The van der Waals surface area contributed by atoms with Crippen molar-refractivity contribution in [3.05, 3.63) is 66.7 Å². The van der Waals surface area contributed by atoms with Crippen molar-refractivity contribution in [3.63, 3.8) is 0 Å². The summed E-state index contributed by atoms with van der Waals surface area (Å²) in [6, 6.07) is 14.4. The van der Waals surface area contributed by atoms with Crippen molar-refractivity contribution in [3.8, 4) is 22.5 Å². The van der Waals surface area contributed by atoms with Crippen LogP contribution >= 0.6 is 0 Å². The van der Waals surface area contributed by atoms with Gasteiger partial charge < -0.3 is 4.98 Å². The fourth-order valence-electron chi connectivity index (χ4n) is 1.98. The maximum Gasteiger partial charge on any atom is 0.137 e. The van der Waals surface area contributed by atoms with E-state index in [1.807, 2.05) is 24.3 Å². The quantitative estimate of drug-likeness (QED) is 0.721. The molecule has 1 heterocycles. The molecule has 3 aromatic rings. The molecule has 1 aromatic heterocycles. The second-order valence-corrected chi connectivity index (χ2v) is 3.99. The van der Waals surface area contributed by atoms with Crippen molar-refractivity contribution in [1.82, 2.24) is 9.97 Å². The molecular formula is C15H11FN2. The van der Waals surface area contributed by atoms with Crippen LogP contribution in [0.5, 0.6) is 0 Å². The highest BCUT2D eigenvalue weighted by Gasteiger charge is 2.08. The number of aromatic nitrogens is 2. The molecule has 0 bridgehead atoms. The third-order valence-corrected chi connectivity index (χ3v) is 2.84. The lowest BCUT2D eigenvalue weighted by Crippen LogP contribution is -1.86. The molecule has 88 valence electrons. The topological polar surface area (TPSA) is 28.7 Å². The van der Waals surface area contributed by atoms with Crippen LogP contribution < -0.4 is 0 Å². The van der Waals surface area contributed by atoms with Crippen LogP contribution in [0.15, 0.2) is 60.9 Å². The first kappa shape index (κ1) is 10.7. The van der Waals surface area contributed by atoms with Crippen molar-refractivity contribution in [2.45, 2.75) is 0 Å². The maximum absolute atomic E-state index is 13.0. The van der Waals surface area contributed by atoms with Gasteiger partial charge in [0.2, 0.25) is 0 Å². The Hall–Kier alpha value is -2.42. The summed E-state index contributed by atoms with van der Waals surface area (Å²) in [6.45, 7) is 0. The number of rotatable bonds is 2. The number of hydrogen-bond acceptors (Lipinski definition) is 1. The largest absolute Gasteiger partial charge is 0.345 e. The summed E-state index contributed by atoms with van der Waals surface area (Å²) in [4.78, 5) is 7.35. The lowest BCUT2D eigenvalue weighted by atomic mass is 9.99. The zero-order valence-electron chi connectivity index (χ0n) is 9.60. The highest BCUT2D eigenvalue weighted by atomic mass is 19.1. The highest BCUT2D eigenvalue weighted by Crippen LogP contribution is 2.29. The maximum atomic E-state index is 13.0. The number of hydrogen-bond donors (Lipinski definition) is 1. The van der Waals surface area contributed by atoms with Crippen LogP contribution in [0.1, 0.15) is 0 Å². The standard InChI is InChI=1S/C15H11FN2/c16-12-7-5-11(6-8-12)13-3-1-2-4-14(13)15-17-9-10-18-15/h1-10H,(H,17,18). The smallest absolute Gasteiger partial charge is 0.137 e. The lowest BCUT2D eigenvalue weighted by Gasteiger charge is -2.07. The summed E-state index contributed by atoms with van der Waals surface area (Å²) in [5.41, 5.74) is 3.02. The Morgan fingerprint density at radius 3 is 2.28 bits per heavy atom. The van der Waals surface area contributed by atoms with Gasteiger partial charge in [-0.15, -0.1) is 0 Å². The molecule has 0 atom stereocenters. The summed E-state index contributed by atoms with van der Waals surface area (Å²) >= 11 is 0. The second-order valence-electron chi connectivity index (χ2n) is 3.99. The fourth-order valence-corrected chi connectivity index (χ4v) is 1.98. The minimum atomic E-state index is -0.228. The molecule has 3 rings (SSSR count).